The minimum atomic E-state index is -0.174. The molecule has 0 bridgehead atoms. The lowest BCUT2D eigenvalue weighted by atomic mass is 10.1. The van der Waals surface area contributed by atoms with Crippen LogP contribution in [0.15, 0.2) is 96.2 Å². The fourth-order valence-electron chi connectivity index (χ4n) is 3.34. The summed E-state index contributed by atoms with van der Waals surface area (Å²) in [5.74, 6) is 0.651. The molecule has 33 heavy (non-hydrogen) atoms. The first-order valence-corrected chi connectivity index (χ1v) is 11.0. The van der Waals surface area contributed by atoms with Crippen molar-refractivity contribution in [1.82, 2.24) is 15.2 Å². The molecular weight excluding hydrogens is 412 g/mol. The van der Waals surface area contributed by atoms with E-state index in [4.69, 9.17) is 9.84 Å². The largest absolute Gasteiger partial charge is 0.494 e. The predicted octanol–water partition coefficient (Wildman–Crippen LogP) is 5.02. The van der Waals surface area contributed by atoms with Gasteiger partial charge in [-0.1, -0.05) is 55.5 Å². The molecule has 1 amide bonds. The first kappa shape index (κ1) is 22.0. The standard InChI is InChI=1S/C27H26N4O2/c1-2-17-33-25-15-13-22(14-16-25)27-23(20-31(30-27)24-11-7-4-8-12-24)19-28-29-26(32)18-21-9-5-3-6-10-21/h3-16,19-20H,2,17-18H2,1H3,(H,29,32). The van der Waals surface area contributed by atoms with Gasteiger partial charge in [0.15, 0.2) is 0 Å². The third-order valence-corrected chi connectivity index (χ3v) is 4.96. The van der Waals surface area contributed by atoms with Gasteiger partial charge in [-0.3, -0.25) is 4.79 Å². The maximum atomic E-state index is 12.2. The van der Waals surface area contributed by atoms with E-state index in [9.17, 15) is 4.79 Å². The van der Waals surface area contributed by atoms with Crippen LogP contribution in [0.25, 0.3) is 16.9 Å². The number of carbonyl (C=O) groups excluding carboxylic acids is 1. The quantitative estimate of drug-likeness (QED) is 0.295. The molecule has 0 saturated carbocycles. The van der Waals surface area contributed by atoms with Gasteiger partial charge in [-0.2, -0.15) is 10.2 Å². The number of hydrogen-bond donors (Lipinski definition) is 1. The van der Waals surface area contributed by atoms with Crippen LogP contribution in [0.1, 0.15) is 24.5 Å². The normalized spacial score (nSPS) is 10.9. The maximum absolute atomic E-state index is 12.2. The number of rotatable bonds is 9. The molecule has 1 aromatic heterocycles. The highest BCUT2D eigenvalue weighted by atomic mass is 16.5. The van der Waals surface area contributed by atoms with E-state index < -0.39 is 0 Å². The first-order valence-electron chi connectivity index (χ1n) is 11.0. The molecular formula is C27H26N4O2. The van der Waals surface area contributed by atoms with Crippen molar-refractivity contribution >= 4 is 12.1 Å². The van der Waals surface area contributed by atoms with Crippen molar-refractivity contribution in [2.24, 2.45) is 5.10 Å². The molecule has 0 radical (unpaired) electrons. The Morgan fingerprint density at radius 2 is 1.70 bits per heavy atom. The van der Waals surface area contributed by atoms with Gasteiger partial charge in [0.05, 0.1) is 24.9 Å². The van der Waals surface area contributed by atoms with Crippen molar-refractivity contribution in [3.8, 4) is 22.7 Å². The van der Waals surface area contributed by atoms with E-state index in [1.807, 2.05) is 95.8 Å². The molecule has 6 nitrogen and oxygen atoms in total. The predicted molar refractivity (Wildman–Crippen MR) is 131 cm³/mol. The number of aromatic nitrogens is 2. The number of hydrogen-bond acceptors (Lipinski definition) is 4. The van der Waals surface area contributed by atoms with Crippen LogP contribution in [0.2, 0.25) is 0 Å². The van der Waals surface area contributed by atoms with Gasteiger partial charge in [0.2, 0.25) is 5.91 Å². The van der Waals surface area contributed by atoms with Crippen LogP contribution < -0.4 is 10.2 Å². The molecule has 3 aromatic carbocycles. The Kier molecular flexibility index (Phi) is 7.28. The Labute approximate surface area is 193 Å². The van der Waals surface area contributed by atoms with Crippen LogP contribution in [0, 0.1) is 0 Å². The molecule has 0 aliphatic rings. The van der Waals surface area contributed by atoms with Gasteiger partial charge < -0.3 is 4.74 Å². The molecule has 4 aromatic rings. The molecule has 4 rings (SSSR count). The van der Waals surface area contributed by atoms with E-state index in [0.29, 0.717) is 6.61 Å². The smallest absolute Gasteiger partial charge is 0.244 e. The number of hydrazone groups is 1. The van der Waals surface area contributed by atoms with Crippen molar-refractivity contribution in [2.45, 2.75) is 19.8 Å². The molecule has 1 heterocycles. The molecule has 0 aliphatic heterocycles. The third kappa shape index (κ3) is 5.95. The van der Waals surface area contributed by atoms with E-state index in [2.05, 4.69) is 17.5 Å². The number of nitrogens with zero attached hydrogens (tertiary/aromatic N) is 3. The number of carbonyl (C=O) groups is 1. The number of ether oxygens (including phenoxy) is 1. The lowest BCUT2D eigenvalue weighted by molar-refractivity contribution is -0.120. The summed E-state index contributed by atoms with van der Waals surface area (Å²) in [4.78, 5) is 12.2. The minimum Gasteiger partial charge on any atom is -0.494 e. The zero-order valence-corrected chi connectivity index (χ0v) is 18.5. The fourth-order valence-corrected chi connectivity index (χ4v) is 3.34. The van der Waals surface area contributed by atoms with Gasteiger partial charge in [-0.15, -0.1) is 0 Å². The Morgan fingerprint density at radius 1 is 1.00 bits per heavy atom. The van der Waals surface area contributed by atoms with Gasteiger partial charge in [0, 0.05) is 17.3 Å². The molecule has 0 saturated heterocycles. The second-order valence-corrected chi connectivity index (χ2v) is 7.54. The van der Waals surface area contributed by atoms with Crippen molar-refractivity contribution in [2.75, 3.05) is 6.61 Å². The van der Waals surface area contributed by atoms with Crippen molar-refractivity contribution < 1.29 is 9.53 Å². The summed E-state index contributed by atoms with van der Waals surface area (Å²) in [6.07, 6.45) is 4.76. The molecule has 0 unspecified atom stereocenters. The van der Waals surface area contributed by atoms with E-state index in [1.54, 1.807) is 6.21 Å². The zero-order valence-electron chi connectivity index (χ0n) is 18.5. The molecule has 1 N–H and O–H groups in total. The van der Waals surface area contributed by atoms with Gasteiger partial charge >= 0.3 is 0 Å². The molecule has 0 atom stereocenters. The average molecular weight is 439 g/mol. The Hall–Kier alpha value is -4.19. The van der Waals surface area contributed by atoms with E-state index in [0.717, 1.165) is 40.2 Å². The fraction of sp³-hybridized carbons (Fsp3) is 0.148. The van der Waals surface area contributed by atoms with Crippen LogP contribution in [0.3, 0.4) is 0 Å². The van der Waals surface area contributed by atoms with Crippen LogP contribution in [0.5, 0.6) is 5.75 Å². The first-order chi connectivity index (χ1) is 16.2. The van der Waals surface area contributed by atoms with Crippen LogP contribution in [-0.2, 0) is 11.2 Å². The monoisotopic (exact) mass is 438 g/mol. The van der Waals surface area contributed by atoms with E-state index in [-0.39, 0.29) is 12.3 Å². The van der Waals surface area contributed by atoms with Crippen LogP contribution in [0.4, 0.5) is 0 Å². The van der Waals surface area contributed by atoms with Gasteiger partial charge in [0.1, 0.15) is 11.4 Å². The van der Waals surface area contributed by atoms with Crippen molar-refractivity contribution in [3.63, 3.8) is 0 Å². The number of benzene rings is 3. The van der Waals surface area contributed by atoms with E-state index >= 15 is 0 Å². The summed E-state index contributed by atoms with van der Waals surface area (Å²) >= 11 is 0. The highest BCUT2D eigenvalue weighted by molar-refractivity contribution is 5.90. The SMILES string of the molecule is CCCOc1ccc(-c2nn(-c3ccccc3)cc2C=NNC(=O)Cc2ccccc2)cc1. The Balaban J connectivity index is 1.55. The lowest BCUT2D eigenvalue weighted by Gasteiger charge is -2.05. The Bertz CT molecular complexity index is 1200. The maximum Gasteiger partial charge on any atom is 0.244 e. The second kappa shape index (κ2) is 10.9. The van der Waals surface area contributed by atoms with Crippen LogP contribution >= 0.6 is 0 Å². The number of para-hydroxylation sites is 1. The summed E-state index contributed by atoms with van der Waals surface area (Å²) in [5.41, 5.74) is 6.98. The summed E-state index contributed by atoms with van der Waals surface area (Å²) in [6.45, 7) is 2.76. The topological polar surface area (TPSA) is 68.5 Å². The molecule has 6 heteroatoms. The highest BCUT2D eigenvalue weighted by Gasteiger charge is 2.12. The zero-order chi connectivity index (χ0) is 22.9. The summed E-state index contributed by atoms with van der Waals surface area (Å²) < 4.78 is 7.50. The Morgan fingerprint density at radius 3 is 2.39 bits per heavy atom. The number of amides is 1. The van der Waals surface area contributed by atoms with Crippen molar-refractivity contribution in [3.05, 3.63) is 102 Å². The minimum absolute atomic E-state index is 0.174. The molecule has 0 fully saturated rings. The molecule has 166 valence electrons. The highest BCUT2D eigenvalue weighted by Crippen LogP contribution is 2.25. The summed E-state index contributed by atoms with van der Waals surface area (Å²) in [6, 6.07) is 27.3. The molecule has 0 aliphatic carbocycles. The van der Waals surface area contributed by atoms with Crippen molar-refractivity contribution in [1.29, 1.82) is 0 Å². The van der Waals surface area contributed by atoms with E-state index in [1.165, 1.54) is 0 Å². The molecule has 0 spiro atoms. The van der Waals surface area contributed by atoms with Gasteiger partial charge in [0.25, 0.3) is 0 Å². The summed E-state index contributed by atoms with van der Waals surface area (Å²) in [7, 11) is 0. The van der Waals surface area contributed by atoms with Gasteiger partial charge in [-0.05, 0) is 48.4 Å². The van der Waals surface area contributed by atoms with Crippen LogP contribution in [-0.4, -0.2) is 28.5 Å². The lowest BCUT2D eigenvalue weighted by Crippen LogP contribution is -2.19. The third-order valence-electron chi connectivity index (χ3n) is 4.96. The average Bonchev–Trinajstić information content (AvgIpc) is 3.28. The number of nitrogens with one attached hydrogen (secondary N) is 1. The summed E-state index contributed by atoms with van der Waals surface area (Å²) in [5, 5.41) is 8.97. The van der Waals surface area contributed by atoms with Gasteiger partial charge in [-0.25, -0.2) is 10.1 Å². The second-order valence-electron chi connectivity index (χ2n) is 7.54.